The number of benzene rings is 2. The predicted octanol–water partition coefficient (Wildman–Crippen LogP) is 3.79. The number of hydrogen-bond acceptors (Lipinski definition) is 4. The maximum Gasteiger partial charge on any atom is 0.336 e. The number of carbonyl (C=O) groups excluding carboxylic acids is 1. The van der Waals surface area contributed by atoms with E-state index in [2.05, 4.69) is 5.32 Å². The van der Waals surface area contributed by atoms with Crippen LogP contribution in [0.2, 0.25) is 0 Å². The van der Waals surface area contributed by atoms with E-state index in [1.807, 2.05) is 18.2 Å². The number of nitrogens with one attached hydrogen (secondary N) is 1. The number of aromatic nitrogens is 2. The molecule has 8 heteroatoms. The van der Waals surface area contributed by atoms with Crippen molar-refractivity contribution >= 4 is 33.1 Å². The minimum atomic E-state index is -0.639. The molecule has 4 aromatic rings. The second kappa shape index (κ2) is 7.87. The standard InChI is InChI=1S/C24H20FN3O3S/c1-14-11-17(25)6-8-19(14)28-23(30)22-20(9-10-32-22)27(24(28)31)13-21(29)26-18-7-5-15-3-2-4-16(15)12-18/h5-12H,2-4,13H2,1H3,(H,26,29). The zero-order valence-electron chi connectivity index (χ0n) is 17.4. The maximum atomic E-state index is 13.6. The molecule has 1 amide bonds. The Hall–Kier alpha value is -3.52. The van der Waals surface area contributed by atoms with Gasteiger partial charge in [-0.1, -0.05) is 6.07 Å². The topological polar surface area (TPSA) is 73.1 Å². The number of hydrogen-bond donors (Lipinski definition) is 1. The van der Waals surface area contributed by atoms with Gasteiger partial charge in [0.2, 0.25) is 5.91 Å². The molecule has 0 saturated heterocycles. The van der Waals surface area contributed by atoms with Gasteiger partial charge in [-0.25, -0.2) is 13.8 Å². The third-order valence-electron chi connectivity index (χ3n) is 5.84. The predicted molar refractivity (Wildman–Crippen MR) is 123 cm³/mol. The van der Waals surface area contributed by atoms with Crippen LogP contribution >= 0.6 is 11.3 Å². The van der Waals surface area contributed by atoms with Crippen LogP contribution in [0.4, 0.5) is 10.1 Å². The van der Waals surface area contributed by atoms with Crippen molar-refractivity contribution in [2.24, 2.45) is 0 Å². The molecular weight excluding hydrogens is 429 g/mol. The monoisotopic (exact) mass is 449 g/mol. The van der Waals surface area contributed by atoms with Gasteiger partial charge in [-0.05, 0) is 84.7 Å². The van der Waals surface area contributed by atoms with Gasteiger partial charge < -0.3 is 5.32 Å². The molecule has 0 saturated carbocycles. The first kappa shape index (κ1) is 20.4. The van der Waals surface area contributed by atoms with Crippen LogP contribution in [0.5, 0.6) is 0 Å². The highest BCUT2D eigenvalue weighted by atomic mass is 32.1. The number of carbonyl (C=O) groups is 1. The molecule has 0 bridgehead atoms. The first-order chi connectivity index (χ1) is 15.4. The third kappa shape index (κ3) is 3.46. The van der Waals surface area contributed by atoms with Crippen LogP contribution in [0.3, 0.4) is 0 Å². The van der Waals surface area contributed by atoms with E-state index < -0.39 is 17.1 Å². The quantitative estimate of drug-likeness (QED) is 0.515. The summed E-state index contributed by atoms with van der Waals surface area (Å²) in [7, 11) is 0. The summed E-state index contributed by atoms with van der Waals surface area (Å²) in [5.41, 5.74) is 3.27. The molecule has 32 heavy (non-hydrogen) atoms. The van der Waals surface area contributed by atoms with Gasteiger partial charge in [-0.3, -0.25) is 14.2 Å². The fourth-order valence-electron chi connectivity index (χ4n) is 4.32. The number of rotatable bonds is 4. The van der Waals surface area contributed by atoms with Gasteiger partial charge in [0.25, 0.3) is 5.56 Å². The highest BCUT2D eigenvalue weighted by Crippen LogP contribution is 2.25. The molecule has 162 valence electrons. The number of aryl methyl sites for hydroxylation is 3. The van der Waals surface area contributed by atoms with Gasteiger partial charge in [0.1, 0.15) is 17.1 Å². The van der Waals surface area contributed by atoms with Crippen molar-refractivity contribution in [1.82, 2.24) is 9.13 Å². The van der Waals surface area contributed by atoms with Crippen molar-refractivity contribution in [2.75, 3.05) is 5.32 Å². The van der Waals surface area contributed by atoms with Crippen LogP contribution < -0.4 is 16.6 Å². The molecule has 5 rings (SSSR count). The highest BCUT2D eigenvalue weighted by molar-refractivity contribution is 7.17. The Morgan fingerprint density at radius 1 is 1.09 bits per heavy atom. The fraction of sp³-hybridized carbons (Fsp3) is 0.208. The van der Waals surface area contributed by atoms with Gasteiger partial charge in [0, 0.05) is 5.69 Å². The fourth-order valence-corrected chi connectivity index (χ4v) is 5.14. The van der Waals surface area contributed by atoms with Gasteiger partial charge in [0.15, 0.2) is 0 Å². The minimum Gasteiger partial charge on any atom is -0.325 e. The zero-order valence-corrected chi connectivity index (χ0v) is 18.2. The van der Waals surface area contributed by atoms with E-state index in [1.54, 1.807) is 18.4 Å². The summed E-state index contributed by atoms with van der Waals surface area (Å²) < 4.78 is 16.2. The molecule has 0 unspecified atom stereocenters. The van der Waals surface area contributed by atoms with Crippen LogP contribution in [0.1, 0.15) is 23.1 Å². The Bertz CT molecular complexity index is 1500. The Balaban J connectivity index is 1.55. The van der Waals surface area contributed by atoms with Crippen LogP contribution in [-0.4, -0.2) is 15.0 Å². The van der Waals surface area contributed by atoms with Crippen molar-refractivity contribution in [3.05, 3.63) is 91.2 Å². The summed E-state index contributed by atoms with van der Waals surface area (Å²) >= 11 is 1.20. The number of nitrogens with zero attached hydrogens (tertiary/aromatic N) is 2. The number of anilines is 1. The molecule has 6 nitrogen and oxygen atoms in total. The molecule has 0 spiro atoms. The van der Waals surface area contributed by atoms with E-state index >= 15 is 0 Å². The van der Waals surface area contributed by atoms with Crippen molar-refractivity contribution < 1.29 is 9.18 Å². The van der Waals surface area contributed by atoms with E-state index in [4.69, 9.17) is 0 Å². The van der Waals surface area contributed by atoms with Crippen molar-refractivity contribution in [2.45, 2.75) is 32.7 Å². The molecule has 2 heterocycles. The molecule has 0 radical (unpaired) electrons. The van der Waals surface area contributed by atoms with Gasteiger partial charge in [-0.2, -0.15) is 0 Å². The number of thiophene rings is 1. The lowest BCUT2D eigenvalue weighted by atomic mass is 10.1. The largest absolute Gasteiger partial charge is 0.336 e. The third-order valence-corrected chi connectivity index (χ3v) is 6.73. The molecule has 1 N–H and O–H groups in total. The second-order valence-corrected chi connectivity index (χ2v) is 8.88. The van der Waals surface area contributed by atoms with Crippen molar-refractivity contribution in [1.29, 1.82) is 0 Å². The van der Waals surface area contributed by atoms with Crippen LogP contribution in [0.25, 0.3) is 15.9 Å². The first-order valence-electron chi connectivity index (χ1n) is 10.3. The van der Waals surface area contributed by atoms with E-state index in [9.17, 15) is 18.8 Å². The lowest BCUT2D eigenvalue weighted by molar-refractivity contribution is -0.116. The Labute approximate surface area is 186 Å². The molecule has 0 fully saturated rings. The molecule has 2 aromatic heterocycles. The number of amides is 1. The molecular formula is C24H20FN3O3S. The molecule has 0 aliphatic heterocycles. The Morgan fingerprint density at radius 3 is 2.72 bits per heavy atom. The van der Waals surface area contributed by atoms with Crippen molar-refractivity contribution in [3.8, 4) is 5.69 Å². The maximum absolute atomic E-state index is 13.6. The van der Waals surface area contributed by atoms with E-state index in [0.29, 0.717) is 27.2 Å². The lowest BCUT2D eigenvalue weighted by Gasteiger charge is -2.14. The van der Waals surface area contributed by atoms with Gasteiger partial charge in [0.05, 0.1) is 11.2 Å². The van der Waals surface area contributed by atoms with Crippen molar-refractivity contribution in [3.63, 3.8) is 0 Å². The van der Waals surface area contributed by atoms with E-state index in [1.165, 1.54) is 45.2 Å². The van der Waals surface area contributed by atoms with E-state index in [-0.39, 0.29) is 12.5 Å². The lowest BCUT2D eigenvalue weighted by Crippen LogP contribution is -2.40. The summed E-state index contributed by atoms with van der Waals surface area (Å²) in [6.07, 6.45) is 3.16. The summed E-state index contributed by atoms with van der Waals surface area (Å²) in [5.74, 6) is -0.816. The Kier molecular flexibility index (Phi) is 5.01. The number of fused-ring (bicyclic) bond motifs is 2. The van der Waals surface area contributed by atoms with E-state index in [0.717, 1.165) is 23.8 Å². The van der Waals surface area contributed by atoms with Gasteiger partial charge >= 0.3 is 5.69 Å². The molecule has 0 atom stereocenters. The van der Waals surface area contributed by atoms with Crippen LogP contribution in [0, 0.1) is 12.7 Å². The normalized spacial score (nSPS) is 12.8. The SMILES string of the molecule is Cc1cc(F)ccc1-n1c(=O)c2sccc2n(CC(=O)Nc2ccc3c(c2)CCC3)c1=O. The minimum absolute atomic E-state index is 0.246. The zero-order chi connectivity index (χ0) is 22.4. The second-order valence-electron chi connectivity index (χ2n) is 7.96. The smallest absolute Gasteiger partial charge is 0.325 e. The van der Waals surface area contributed by atoms with Crippen LogP contribution in [-0.2, 0) is 24.2 Å². The van der Waals surface area contributed by atoms with Gasteiger partial charge in [-0.15, -0.1) is 11.3 Å². The van der Waals surface area contributed by atoms with Crippen LogP contribution in [0.15, 0.2) is 57.4 Å². The molecule has 2 aromatic carbocycles. The summed E-state index contributed by atoms with van der Waals surface area (Å²) in [5, 5.41) is 4.58. The summed E-state index contributed by atoms with van der Waals surface area (Å²) in [6, 6.07) is 11.4. The number of halogens is 1. The summed E-state index contributed by atoms with van der Waals surface area (Å²) in [6.45, 7) is 1.39. The summed E-state index contributed by atoms with van der Waals surface area (Å²) in [4.78, 5) is 39.2. The average Bonchev–Trinajstić information content (AvgIpc) is 3.42. The molecule has 1 aliphatic carbocycles. The average molecular weight is 450 g/mol. The highest BCUT2D eigenvalue weighted by Gasteiger charge is 2.19. The molecule has 1 aliphatic rings. The Morgan fingerprint density at radius 2 is 1.91 bits per heavy atom. The first-order valence-corrected chi connectivity index (χ1v) is 11.2.